The predicted molar refractivity (Wildman–Crippen MR) is 105 cm³/mol. The molecule has 0 aliphatic carbocycles. The SMILES string of the molecule is NC(=O)c1ccccc1NC(=O)C(=O)Nc1ccc(Oc2ccccc2)cc1. The lowest BCUT2D eigenvalue weighted by Gasteiger charge is -2.10. The number of para-hydroxylation sites is 2. The Balaban J connectivity index is 1.61. The molecule has 0 spiro atoms. The molecule has 0 fully saturated rings. The minimum atomic E-state index is -0.918. The number of hydrogen-bond acceptors (Lipinski definition) is 4. The average molecular weight is 375 g/mol. The number of anilines is 2. The molecular weight excluding hydrogens is 358 g/mol. The summed E-state index contributed by atoms with van der Waals surface area (Å²) in [7, 11) is 0. The van der Waals surface area contributed by atoms with Crippen LogP contribution < -0.4 is 21.1 Å². The monoisotopic (exact) mass is 375 g/mol. The van der Waals surface area contributed by atoms with Gasteiger partial charge >= 0.3 is 11.8 Å². The summed E-state index contributed by atoms with van der Waals surface area (Å²) in [4.78, 5) is 35.6. The highest BCUT2D eigenvalue weighted by Crippen LogP contribution is 2.22. The Kier molecular flexibility index (Phi) is 5.66. The Hall–Kier alpha value is -4.13. The van der Waals surface area contributed by atoms with Crippen molar-refractivity contribution in [3.63, 3.8) is 0 Å². The second-order valence-corrected chi connectivity index (χ2v) is 5.76. The van der Waals surface area contributed by atoms with E-state index in [0.29, 0.717) is 17.2 Å². The fraction of sp³-hybridized carbons (Fsp3) is 0. The Morgan fingerprint density at radius 2 is 1.25 bits per heavy atom. The number of amides is 3. The maximum Gasteiger partial charge on any atom is 0.314 e. The molecule has 0 saturated carbocycles. The quantitative estimate of drug-likeness (QED) is 0.595. The molecule has 0 unspecified atom stereocenters. The second-order valence-electron chi connectivity index (χ2n) is 5.76. The third kappa shape index (κ3) is 4.73. The molecule has 0 aliphatic rings. The highest BCUT2D eigenvalue weighted by Gasteiger charge is 2.17. The van der Waals surface area contributed by atoms with E-state index in [-0.39, 0.29) is 11.3 Å². The molecule has 3 rings (SSSR count). The molecule has 0 aliphatic heterocycles. The van der Waals surface area contributed by atoms with E-state index in [9.17, 15) is 14.4 Å². The van der Waals surface area contributed by atoms with E-state index in [4.69, 9.17) is 10.5 Å². The topological polar surface area (TPSA) is 111 Å². The Labute approximate surface area is 161 Å². The van der Waals surface area contributed by atoms with Crippen molar-refractivity contribution in [3.05, 3.63) is 84.4 Å². The molecule has 4 N–H and O–H groups in total. The van der Waals surface area contributed by atoms with Crippen molar-refractivity contribution in [3.8, 4) is 11.5 Å². The third-order valence-corrected chi connectivity index (χ3v) is 3.74. The van der Waals surface area contributed by atoms with E-state index in [2.05, 4.69) is 10.6 Å². The van der Waals surface area contributed by atoms with Crippen molar-refractivity contribution < 1.29 is 19.1 Å². The van der Waals surface area contributed by atoms with Gasteiger partial charge in [0.25, 0.3) is 5.91 Å². The van der Waals surface area contributed by atoms with Crippen molar-refractivity contribution >= 4 is 29.1 Å². The van der Waals surface area contributed by atoms with E-state index in [1.165, 1.54) is 12.1 Å². The van der Waals surface area contributed by atoms with Crippen LogP contribution in [0.2, 0.25) is 0 Å². The van der Waals surface area contributed by atoms with Crippen molar-refractivity contribution in [1.82, 2.24) is 0 Å². The number of carbonyl (C=O) groups excluding carboxylic acids is 3. The van der Waals surface area contributed by atoms with Crippen LogP contribution in [0.5, 0.6) is 11.5 Å². The number of nitrogens with one attached hydrogen (secondary N) is 2. The number of hydrogen-bond donors (Lipinski definition) is 3. The predicted octanol–water partition coefficient (Wildman–Crippen LogP) is 3.16. The first-order chi connectivity index (χ1) is 13.5. The molecule has 0 saturated heterocycles. The third-order valence-electron chi connectivity index (χ3n) is 3.74. The lowest BCUT2D eigenvalue weighted by atomic mass is 10.1. The van der Waals surface area contributed by atoms with Gasteiger partial charge in [-0.15, -0.1) is 0 Å². The van der Waals surface area contributed by atoms with E-state index in [0.717, 1.165) is 0 Å². The molecule has 0 heterocycles. The lowest BCUT2D eigenvalue weighted by molar-refractivity contribution is -0.133. The van der Waals surface area contributed by atoms with E-state index < -0.39 is 17.7 Å². The van der Waals surface area contributed by atoms with Gasteiger partial charge in [0.2, 0.25) is 0 Å². The highest BCUT2D eigenvalue weighted by molar-refractivity contribution is 6.44. The lowest BCUT2D eigenvalue weighted by Crippen LogP contribution is -2.30. The molecule has 3 amide bonds. The van der Waals surface area contributed by atoms with Gasteiger partial charge < -0.3 is 21.1 Å². The van der Waals surface area contributed by atoms with Crippen molar-refractivity contribution in [1.29, 1.82) is 0 Å². The maximum atomic E-state index is 12.1. The van der Waals surface area contributed by atoms with Crippen LogP contribution >= 0.6 is 0 Å². The van der Waals surface area contributed by atoms with Gasteiger partial charge in [-0.25, -0.2) is 0 Å². The normalized spacial score (nSPS) is 10.0. The molecule has 7 nitrogen and oxygen atoms in total. The average Bonchev–Trinajstić information content (AvgIpc) is 2.70. The van der Waals surface area contributed by atoms with Crippen LogP contribution in [-0.2, 0) is 9.59 Å². The largest absolute Gasteiger partial charge is 0.457 e. The van der Waals surface area contributed by atoms with Gasteiger partial charge in [0.15, 0.2) is 0 Å². The van der Waals surface area contributed by atoms with Crippen molar-refractivity contribution in [2.24, 2.45) is 5.73 Å². The molecule has 0 aromatic heterocycles. The minimum absolute atomic E-state index is 0.117. The van der Waals surface area contributed by atoms with Crippen LogP contribution in [0.3, 0.4) is 0 Å². The highest BCUT2D eigenvalue weighted by atomic mass is 16.5. The maximum absolute atomic E-state index is 12.1. The van der Waals surface area contributed by atoms with Crippen LogP contribution in [0.4, 0.5) is 11.4 Å². The van der Waals surface area contributed by atoms with Gasteiger partial charge in [-0.1, -0.05) is 30.3 Å². The summed E-state index contributed by atoms with van der Waals surface area (Å²) in [6.45, 7) is 0. The number of primary amides is 1. The van der Waals surface area contributed by atoms with E-state index >= 15 is 0 Å². The van der Waals surface area contributed by atoms with Gasteiger partial charge in [0, 0.05) is 5.69 Å². The number of benzene rings is 3. The molecule has 3 aromatic rings. The van der Waals surface area contributed by atoms with Crippen LogP contribution in [0.1, 0.15) is 10.4 Å². The first-order valence-electron chi connectivity index (χ1n) is 8.37. The van der Waals surface area contributed by atoms with E-state index in [1.807, 2.05) is 30.3 Å². The van der Waals surface area contributed by atoms with Gasteiger partial charge in [-0.2, -0.15) is 0 Å². The molecular formula is C21H17N3O4. The summed E-state index contributed by atoms with van der Waals surface area (Å²) in [5.41, 5.74) is 5.96. The molecule has 28 heavy (non-hydrogen) atoms. The smallest absolute Gasteiger partial charge is 0.314 e. The molecule has 7 heteroatoms. The second kappa shape index (κ2) is 8.50. The first-order valence-corrected chi connectivity index (χ1v) is 8.37. The molecule has 0 bridgehead atoms. The number of nitrogens with two attached hydrogens (primary N) is 1. The van der Waals surface area contributed by atoms with Crippen LogP contribution in [0.25, 0.3) is 0 Å². The summed E-state index contributed by atoms with van der Waals surface area (Å²) in [5.74, 6) is -1.23. The van der Waals surface area contributed by atoms with Gasteiger partial charge in [-0.3, -0.25) is 14.4 Å². The Morgan fingerprint density at radius 1 is 0.679 bits per heavy atom. The fourth-order valence-corrected chi connectivity index (χ4v) is 2.40. The summed E-state index contributed by atoms with van der Waals surface area (Å²) in [6, 6.07) is 22.0. The minimum Gasteiger partial charge on any atom is -0.457 e. The fourth-order valence-electron chi connectivity index (χ4n) is 2.40. The zero-order chi connectivity index (χ0) is 19.9. The zero-order valence-electron chi connectivity index (χ0n) is 14.7. The van der Waals surface area contributed by atoms with Crippen LogP contribution in [0.15, 0.2) is 78.9 Å². The molecule has 140 valence electrons. The van der Waals surface area contributed by atoms with Crippen molar-refractivity contribution in [2.45, 2.75) is 0 Å². The summed E-state index contributed by atoms with van der Waals surface area (Å²) < 4.78 is 5.66. The van der Waals surface area contributed by atoms with Crippen LogP contribution in [0, 0.1) is 0 Å². The summed E-state index contributed by atoms with van der Waals surface area (Å²) in [5, 5.41) is 4.86. The Morgan fingerprint density at radius 3 is 1.93 bits per heavy atom. The molecule has 0 atom stereocenters. The molecule has 3 aromatic carbocycles. The van der Waals surface area contributed by atoms with Gasteiger partial charge in [0.05, 0.1) is 11.3 Å². The van der Waals surface area contributed by atoms with Crippen molar-refractivity contribution in [2.75, 3.05) is 10.6 Å². The number of ether oxygens (including phenoxy) is 1. The van der Waals surface area contributed by atoms with Crippen LogP contribution in [-0.4, -0.2) is 17.7 Å². The first kappa shape index (κ1) is 18.7. The van der Waals surface area contributed by atoms with Gasteiger partial charge in [0.1, 0.15) is 11.5 Å². The summed E-state index contributed by atoms with van der Waals surface area (Å²) in [6.07, 6.45) is 0. The Bertz CT molecular complexity index is 1000. The summed E-state index contributed by atoms with van der Waals surface area (Å²) >= 11 is 0. The van der Waals surface area contributed by atoms with E-state index in [1.54, 1.807) is 36.4 Å². The molecule has 0 radical (unpaired) electrons. The number of rotatable bonds is 5. The number of carbonyl (C=O) groups is 3. The zero-order valence-corrected chi connectivity index (χ0v) is 14.7. The van der Waals surface area contributed by atoms with Gasteiger partial charge in [-0.05, 0) is 48.5 Å². The standard InChI is InChI=1S/C21H17N3O4/c22-19(25)17-8-4-5-9-18(17)24-21(27)20(26)23-14-10-12-16(13-11-14)28-15-6-2-1-3-7-15/h1-13H,(H2,22,25)(H,23,26)(H,24,27).